The molecular weight excluding hydrogens is 1280 g/mol. The van der Waals surface area contributed by atoms with Gasteiger partial charge in [-0.3, -0.25) is 37.3 Å². The Balaban J connectivity index is 5.13. The summed E-state index contributed by atoms with van der Waals surface area (Å²) in [5, 5.41) is 10.6. The van der Waals surface area contributed by atoms with E-state index >= 15 is 0 Å². The average molecular weight is 1440 g/mol. The van der Waals surface area contributed by atoms with Crippen LogP contribution in [0.2, 0.25) is 0 Å². The second kappa shape index (κ2) is 70.7. The molecule has 3 N–H and O–H groups in total. The minimum atomic E-state index is -4.96. The zero-order valence-corrected chi connectivity index (χ0v) is 65.9. The summed E-state index contributed by atoms with van der Waals surface area (Å²) in [6.07, 6.45) is 60.1. The molecule has 0 aromatic heterocycles. The van der Waals surface area contributed by atoms with Crippen molar-refractivity contribution in [3.05, 3.63) is 0 Å². The molecule has 0 amide bonds. The van der Waals surface area contributed by atoms with Crippen molar-refractivity contribution in [1.82, 2.24) is 0 Å². The first-order valence-corrected chi connectivity index (χ1v) is 44.0. The number of phosphoric acid groups is 2. The van der Waals surface area contributed by atoms with Crippen LogP contribution in [0.5, 0.6) is 0 Å². The number of hydrogen-bond donors (Lipinski definition) is 3. The zero-order valence-electron chi connectivity index (χ0n) is 64.1. The molecule has 19 heteroatoms. The van der Waals surface area contributed by atoms with E-state index in [2.05, 4.69) is 41.5 Å². The van der Waals surface area contributed by atoms with Gasteiger partial charge < -0.3 is 33.8 Å². The first-order chi connectivity index (χ1) is 47.4. The predicted molar refractivity (Wildman–Crippen MR) is 400 cm³/mol. The molecule has 0 aromatic carbocycles. The van der Waals surface area contributed by atoms with Crippen LogP contribution in [0.25, 0.3) is 0 Å². The number of ether oxygens (including phenoxy) is 4. The fourth-order valence-electron chi connectivity index (χ4n) is 12.2. The lowest BCUT2D eigenvalue weighted by atomic mass is 10.0. The van der Waals surface area contributed by atoms with Gasteiger partial charge in [-0.2, -0.15) is 0 Å². The van der Waals surface area contributed by atoms with E-state index in [9.17, 15) is 43.2 Å². The normalized spacial score (nSPS) is 13.9. The van der Waals surface area contributed by atoms with E-state index in [0.29, 0.717) is 25.7 Å². The number of phosphoric ester groups is 2. The molecule has 0 saturated carbocycles. The van der Waals surface area contributed by atoms with Crippen molar-refractivity contribution >= 4 is 39.5 Å². The number of aliphatic hydroxyl groups excluding tert-OH is 1. The van der Waals surface area contributed by atoms with E-state index in [1.165, 1.54) is 225 Å². The van der Waals surface area contributed by atoms with Gasteiger partial charge >= 0.3 is 39.5 Å². The van der Waals surface area contributed by atoms with Crippen molar-refractivity contribution in [1.29, 1.82) is 0 Å². The van der Waals surface area contributed by atoms with Crippen LogP contribution in [0, 0.1) is 11.8 Å². The van der Waals surface area contributed by atoms with Gasteiger partial charge in [0.15, 0.2) is 12.2 Å². The maximum Gasteiger partial charge on any atom is 0.472 e. The molecule has 0 heterocycles. The molecule has 0 spiro atoms. The molecule has 98 heavy (non-hydrogen) atoms. The topological polar surface area (TPSA) is 237 Å². The smallest absolute Gasteiger partial charge is 0.462 e. The van der Waals surface area contributed by atoms with E-state index in [-0.39, 0.29) is 25.7 Å². The highest BCUT2D eigenvalue weighted by molar-refractivity contribution is 7.47. The van der Waals surface area contributed by atoms with E-state index in [0.717, 1.165) is 108 Å². The number of hydrogen-bond acceptors (Lipinski definition) is 15. The summed E-state index contributed by atoms with van der Waals surface area (Å²) in [7, 11) is -9.91. The van der Waals surface area contributed by atoms with Crippen LogP contribution in [-0.2, 0) is 65.4 Å². The van der Waals surface area contributed by atoms with Gasteiger partial charge in [-0.05, 0) is 37.5 Å². The van der Waals surface area contributed by atoms with Gasteiger partial charge in [0.05, 0.1) is 26.4 Å². The maximum absolute atomic E-state index is 13.1. The number of esters is 4. The molecule has 0 aromatic rings. The van der Waals surface area contributed by atoms with Gasteiger partial charge in [-0.1, -0.05) is 363 Å². The van der Waals surface area contributed by atoms with Gasteiger partial charge in [0.2, 0.25) is 0 Å². The molecule has 5 atom stereocenters. The van der Waals surface area contributed by atoms with E-state index in [1.807, 2.05) is 0 Å². The second-order valence-electron chi connectivity index (χ2n) is 29.4. The third-order valence-electron chi connectivity index (χ3n) is 18.5. The summed E-state index contributed by atoms with van der Waals surface area (Å²) in [6.45, 7) is 9.60. The quantitative estimate of drug-likeness (QED) is 0.0222. The lowest BCUT2D eigenvalue weighted by molar-refractivity contribution is -0.161. The van der Waals surface area contributed by atoms with Crippen molar-refractivity contribution in [3.8, 4) is 0 Å². The highest BCUT2D eigenvalue weighted by atomic mass is 31.2. The van der Waals surface area contributed by atoms with Crippen molar-refractivity contribution < 1.29 is 80.2 Å². The Morgan fingerprint density at radius 2 is 0.469 bits per heavy atom. The Morgan fingerprint density at radius 3 is 0.694 bits per heavy atom. The SMILES string of the molecule is CCCCCCCCCCCCCCCCCCC(=O)O[C@H](COC(=O)CCCCCCC)COP(=O)(O)OC[C@H](O)COP(=O)(O)OC[C@@H](COC(=O)CCCCCCCCCCCCCCCCCC(C)C)OC(=O)CCCCCCCCCCCCCCCCCCC(C)C. The summed E-state index contributed by atoms with van der Waals surface area (Å²) in [5.41, 5.74) is 0. The van der Waals surface area contributed by atoms with Crippen LogP contribution in [0.1, 0.15) is 414 Å². The molecule has 17 nitrogen and oxygen atoms in total. The Kier molecular flexibility index (Phi) is 69.3. The molecule has 0 rings (SSSR count). The Labute approximate surface area is 600 Å². The highest BCUT2D eigenvalue weighted by Gasteiger charge is 2.30. The van der Waals surface area contributed by atoms with E-state index < -0.39 is 97.5 Å². The molecule has 0 aliphatic carbocycles. The Bertz CT molecular complexity index is 1890. The van der Waals surface area contributed by atoms with Gasteiger partial charge in [-0.15, -0.1) is 0 Å². The third kappa shape index (κ3) is 72.4. The van der Waals surface area contributed by atoms with E-state index in [1.54, 1.807) is 0 Å². The fraction of sp³-hybridized carbons (Fsp3) is 0.949. The van der Waals surface area contributed by atoms with Crippen LogP contribution in [0.4, 0.5) is 0 Å². The summed E-state index contributed by atoms with van der Waals surface area (Å²) in [5.74, 6) is -0.506. The molecule has 0 fully saturated rings. The van der Waals surface area contributed by atoms with Crippen molar-refractivity contribution in [2.75, 3.05) is 39.6 Å². The summed E-state index contributed by atoms with van der Waals surface area (Å²) in [4.78, 5) is 72.7. The molecular formula is C79H154O17P2. The zero-order chi connectivity index (χ0) is 72.1. The van der Waals surface area contributed by atoms with E-state index in [4.69, 9.17) is 37.0 Å². The molecule has 582 valence electrons. The second-order valence-corrected chi connectivity index (χ2v) is 32.3. The molecule has 0 aliphatic heterocycles. The lowest BCUT2D eigenvalue weighted by Gasteiger charge is -2.21. The highest BCUT2D eigenvalue weighted by Crippen LogP contribution is 2.45. The van der Waals surface area contributed by atoms with Crippen LogP contribution < -0.4 is 0 Å². The van der Waals surface area contributed by atoms with Crippen LogP contribution >= 0.6 is 15.6 Å². The fourth-order valence-corrected chi connectivity index (χ4v) is 13.8. The molecule has 2 unspecified atom stereocenters. The van der Waals surface area contributed by atoms with Crippen molar-refractivity contribution in [2.45, 2.75) is 432 Å². The number of rotatable bonds is 78. The number of aliphatic hydroxyl groups is 1. The summed E-state index contributed by atoms with van der Waals surface area (Å²) < 4.78 is 68.4. The number of carbonyl (C=O) groups is 4. The van der Waals surface area contributed by atoms with Crippen LogP contribution in [0.3, 0.4) is 0 Å². The van der Waals surface area contributed by atoms with Gasteiger partial charge in [0.1, 0.15) is 19.3 Å². The minimum absolute atomic E-state index is 0.107. The lowest BCUT2D eigenvalue weighted by Crippen LogP contribution is -2.30. The molecule has 0 bridgehead atoms. The molecule has 0 saturated heterocycles. The standard InChI is InChI=1S/C79H154O17P2/c1-7-9-11-13-14-15-16-17-18-24-30-35-40-45-51-57-63-78(83)95-74(67-89-76(81)61-55-47-12-10-8-2)69-93-97(85,86)91-65-73(80)66-92-98(87,88)94-70-75(68-90-77(82)62-56-50-44-39-34-29-26-21-23-28-33-38-43-49-54-60-72(5)6)96-79(84)64-58-52-46-41-36-31-25-20-19-22-27-32-37-42-48-53-59-71(3)4/h71-75,80H,7-70H2,1-6H3,(H,85,86)(H,87,88)/t73-,74+,75+/m0/s1. The molecule has 0 aliphatic rings. The average Bonchev–Trinajstić information content (AvgIpc) is 1.35. The predicted octanol–water partition coefficient (Wildman–Crippen LogP) is 23.5. The summed E-state index contributed by atoms with van der Waals surface area (Å²) in [6, 6.07) is 0. The van der Waals surface area contributed by atoms with Crippen LogP contribution in [-0.4, -0.2) is 96.7 Å². The van der Waals surface area contributed by atoms with Gasteiger partial charge in [-0.25, -0.2) is 9.13 Å². The summed E-state index contributed by atoms with van der Waals surface area (Å²) >= 11 is 0. The van der Waals surface area contributed by atoms with Crippen molar-refractivity contribution in [3.63, 3.8) is 0 Å². The van der Waals surface area contributed by atoms with Crippen molar-refractivity contribution in [2.24, 2.45) is 11.8 Å². The largest absolute Gasteiger partial charge is 0.472 e. The van der Waals surface area contributed by atoms with Gasteiger partial charge in [0.25, 0.3) is 0 Å². The Morgan fingerprint density at radius 1 is 0.276 bits per heavy atom. The monoisotopic (exact) mass is 1440 g/mol. The van der Waals surface area contributed by atoms with Crippen LogP contribution in [0.15, 0.2) is 0 Å². The maximum atomic E-state index is 13.1. The minimum Gasteiger partial charge on any atom is -0.462 e. The first kappa shape index (κ1) is 96.1. The molecule has 0 radical (unpaired) electrons. The third-order valence-corrected chi connectivity index (χ3v) is 20.4. The van der Waals surface area contributed by atoms with Gasteiger partial charge in [0, 0.05) is 25.7 Å². The number of carbonyl (C=O) groups excluding carboxylic acids is 4. The first-order valence-electron chi connectivity index (χ1n) is 41.0. The number of unbranched alkanes of at least 4 members (excludes halogenated alkanes) is 48. The Hall–Kier alpha value is -1.94.